The van der Waals surface area contributed by atoms with E-state index in [0.29, 0.717) is 13.0 Å². The molecule has 0 radical (unpaired) electrons. The van der Waals surface area contributed by atoms with Crippen molar-refractivity contribution in [2.75, 3.05) is 0 Å². The van der Waals surface area contributed by atoms with Crippen LogP contribution in [0.3, 0.4) is 0 Å². The highest BCUT2D eigenvalue weighted by molar-refractivity contribution is 5.18. The molecule has 0 heterocycles. The number of rotatable bonds is 6. The lowest BCUT2D eigenvalue weighted by atomic mass is 9.88. The minimum absolute atomic E-state index is 0.0708. The van der Waals surface area contributed by atoms with Crippen LogP contribution in [-0.4, -0.2) is 18.1 Å². The van der Waals surface area contributed by atoms with Crippen LogP contribution in [0.15, 0.2) is 60.7 Å². The molecule has 2 aromatic carbocycles. The maximum Gasteiger partial charge on any atom is 0.250 e. The molecule has 0 spiro atoms. The summed E-state index contributed by atoms with van der Waals surface area (Å²) in [5.41, 5.74) is 2.16. The Balaban J connectivity index is 1.65. The molecule has 1 aliphatic carbocycles. The van der Waals surface area contributed by atoms with Crippen molar-refractivity contribution >= 4 is 0 Å². The van der Waals surface area contributed by atoms with E-state index in [1.165, 1.54) is 0 Å². The summed E-state index contributed by atoms with van der Waals surface area (Å²) in [7, 11) is 0. The first-order valence-electron chi connectivity index (χ1n) is 8.88. The Morgan fingerprint density at radius 3 is 2.40 bits per heavy atom. The predicted octanol–water partition coefficient (Wildman–Crippen LogP) is 5.11. The van der Waals surface area contributed by atoms with E-state index in [2.05, 4.69) is 24.4 Å². The van der Waals surface area contributed by atoms with Gasteiger partial charge < -0.3 is 10.1 Å². The van der Waals surface area contributed by atoms with Gasteiger partial charge in [-0.2, -0.15) is 0 Å². The molecule has 2 aromatic rings. The Bertz CT molecular complexity index is 647. The number of halogens is 2. The van der Waals surface area contributed by atoms with E-state index >= 15 is 0 Å². The lowest BCUT2D eigenvalue weighted by Crippen LogP contribution is -2.49. The van der Waals surface area contributed by atoms with E-state index in [4.69, 9.17) is 4.74 Å². The number of hydrogen-bond donors (Lipinski definition) is 1. The molecule has 1 fully saturated rings. The van der Waals surface area contributed by atoms with Crippen LogP contribution in [0, 0.1) is 0 Å². The molecule has 1 aliphatic rings. The third-order valence-corrected chi connectivity index (χ3v) is 4.84. The van der Waals surface area contributed by atoms with E-state index < -0.39 is 12.0 Å². The lowest BCUT2D eigenvalue weighted by Gasteiger charge is -2.38. The molecular weight excluding hydrogens is 320 g/mol. The molecule has 4 heteroatoms. The largest absolute Gasteiger partial charge is 0.372 e. The summed E-state index contributed by atoms with van der Waals surface area (Å²) < 4.78 is 33.7. The van der Waals surface area contributed by atoms with Gasteiger partial charge in [0.2, 0.25) is 0 Å². The third kappa shape index (κ3) is 5.10. The zero-order chi connectivity index (χ0) is 17.7. The molecular formula is C21H25F2NO. The SMILES string of the molecule is C[C@H](N[C@H]1CCC(F)(F)C[C@H]1OCc1ccccc1)c1ccccc1. The predicted molar refractivity (Wildman–Crippen MR) is 95.6 cm³/mol. The number of ether oxygens (including phenoxy) is 1. The van der Waals surface area contributed by atoms with E-state index in [0.717, 1.165) is 11.1 Å². The average molecular weight is 345 g/mol. The molecule has 1 saturated carbocycles. The highest BCUT2D eigenvalue weighted by Gasteiger charge is 2.42. The summed E-state index contributed by atoms with van der Waals surface area (Å²) in [5, 5.41) is 3.50. The van der Waals surface area contributed by atoms with Gasteiger partial charge in [-0.05, 0) is 24.5 Å². The third-order valence-electron chi connectivity index (χ3n) is 4.84. The summed E-state index contributed by atoms with van der Waals surface area (Å²) in [6.07, 6.45) is -0.380. The molecule has 134 valence electrons. The zero-order valence-corrected chi connectivity index (χ0v) is 14.5. The Labute approximate surface area is 148 Å². The van der Waals surface area contributed by atoms with Crippen molar-refractivity contribution in [3.05, 3.63) is 71.8 Å². The average Bonchev–Trinajstić information content (AvgIpc) is 2.63. The molecule has 25 heavy (non-hydrogen) atoms. The summed E-state index contributed by atoms with van der Waals surface area (Å²) in [6, 6.07) is 19.8. The fourth-order valence-corrected chi connectivity index (χ4v) is 3.39. The molecule has 2 nitrogen and oxygen atoms in total. The fourth-order valence-electron chi connectivity index (χ4n) is 3.39. The van der Waals surface area contributed by atoms with Gasteiger partial charge in [0.05, 0.1) is 12.7 Å². The smallest absolute Gasteiger partial charge is 0.250 e. The number of alkyl halides is 2. The van der Waals surface area contributed by atoms with Crippen LogP contribution in [0.1, 0.15) is 43.4 Å². The summed E-state index contributed by atoms with van der Waals surface area (Å²) >= 11 is 0. The molecule has 0 unspecified atom stereocenters. The van der Waals surface area contributed by atoms with E-state index in [1.807, 2.05) is 48.5 Å². The monoisotopic (exact) mass is 345 g/mol. The van der Waals surface area contributed by atoms with Gasteiger partial charge >= 0.3 is 0 Å². The zero-order valence-electron chi connectivity index (χ0n) is 14.5. The van der Waals surface area contributed by atoms with Gasteiger partial charge in [0.15, 0.2) is 0 Å². The molecule has 1 N–H and O–H groups in total. The van der Waals surface area contributed by atoms with Crippen molar-refractivity contribution in [1.82, 2.24) is 5.32 Å². The first kappa shape index (κ1) is 18.0. The second kappa shape index (κ2) is 8.07. The van der Waals surface area contributed by atoms with Gasteiger partial charge in [-0.3, -0.25) is 0 Å². The number of nitrogens with one attached hydrogen (secondary N) is 1. The second-order valence-electron chi connectivity index (χ2n) is 6.84. The van der Waals surface area contributed by atoms with Crippen molar-refractivity contribution < 1.29 is 13.5 Å². The number of hydrogen-bond acceptors (Lipinski definition) is 2. The van der Waals surface area contributed by atoms with Crippen molar-refractivity contribution in [2.45, 2.75) is 56.9 Å². The molecule has 0 amide bonds. The van der Waals surface area contributed by atoms with Crippen LogP contribution in [0.5, 0.6) is 0 Å². The molecule has 0 saturated heterocycles. The maximum atomic E-state index is 13.9. The first-order chi connectivity index (χ1) is 12.0. The van der Waals surface area contributed by atoms with Gasteiger partial charge in [0.25, 0.3) is 5.92 Å². The Kier molecular flexibility index (Phi) is 5.82. The quantitative estimate of drug-likeness (QED) is 0.785. The second-order valence-corrected chi connectivity index (χ2v) is 6.84. The Hall–Kier alpha value is -1.78. The summed E-state index contributed by atoms with van der Waals surface area (Å²) in [6.45, 7) is 2.43. The molecule has 0 aliphatic heterocycles. The van der Waals surface area contributed by atoms with Crippen molar-refractivity contribution in [2.24, 2.45) is 0 Å². The molecule has 3 rings (SSSR count). The van der Waals surface area contributed by atoms with Gasteiger partial charge in [-0.15, -0.1) is 0 Å². The minimum atomic E-state index is -2.64. The van der Waals surface area contributed by atoms with E-state index in [-0.39, 0.29) is 24.9 Å². The molecule has 0 bridgehead atoms. The minimum Gasteiger partial charge on any atom is -0.372 e. The van der Waals surface area contributed by atoms with Crippen LogP contribution in [0.25, 0.3) is 0 Å². The van der Waals surface area contributed by atoms with Crippen LogP contribution >= 0.6 is 0 Å². The van der Waals surface area contributed by atoms with Crippen molar-refractivity contribution in [3.8, 4) is 0 Å². The summed E-state index contributed by atoms with van der Waals surface area (Å²) in [4.78, 5) is 0. The van der Waals surface area contributed by atoms with Gasteiger partial charge in [0, 0.05) is 24.9 Å². The van der Waals surface area contributed by atoms with E-state index in [1.54, 1.807) is 0 Å². The van der Waals surface area contributed by atoms with Crippen LogP contribution < -0.4 is 5.32 Å². The topological polar surface area (TPSA) is 21.3 Å². The van der Waals surface area contributed by atoms with Gasteiger partial charge in [-0.1, -0.05) is 60.7 Å². The van der Waals surface area contributed by atoms with Crippen LogP contribution in [0.4, 0.5) is 8.78 Å². The van der Waals surface area contributed by atoms with Crippen LogP contribution in [-0.2, 0) is 11.3 Å². The van der Waals surface area contributed by atoms with E-state index in [9.17, 15) is 8.78 Å². The molecule has 3 atom stereocenters. The van der Waals surface area contributed by atoms with Crippen molar-refractivity contribution in [3.63, 3.8) is 0 Å². The highest BCUT2D eigenvalue weighted by atomic mass is 19.3. The Morgan fingerprint density at radius 2 is 1.72 bits per heavy atom. The lowest BCUT2D eigenvalue weighted by molar-refractivity contribution is -0.114. The highest BCUT2D eigenvalue weighted by Crippen LogP contribution is 2.36. The standard InChI is InChI=1S/C21H25F2NO/c1-16(18-10-6-3-7-11-18)24-19-12-13-21(22,23)14-20(19)25-15-17-8-4-2-5-9-17/h2-11,16,19-20,24H,12-15H2,1H3/t16-,19-,20+/m0/s1. The van der Waals surface area contributed by atoms with Gasteiger partial charge in [0.1, 0.15) is 0 Å². The fraction of sp³-hybridized carbons (Fsp3) is 0.429. The van der Waals surface area contributed by atoms with Crippen molar-refractivity contribution in [1.29, 1.82) is 0 Å². The maximum absolute atomic E-state index is 13.9. The summed E-state index contributed by atoms with van der Waals surface area (Å²) in [5.74, 6) is -2.64. The van der Waals surface area contributed by atoms with Crippen LogP contribution in [0.2, 0.25) is 0 Å². The molecule has 0 aromatic heterocycles. The first-order valence-corrected chi connectivity index (χ1v) is 8.88. The normalized spacial score (nSPS) is 24.0. The van der Waals surface area contributed by atoms with Gasteiger partial charge in [-0.25, -0.2) is 8.78 Å². The Morgan fingerprint density at radius 1 is 1.08 bits per heavy atom. The number of benzene rings is 2.